The highest BCUT2D eigenvalue weighted by Gasteiger charge is 2.22. The van der Waals surface area contributed by atoms with Gasteiger partial charge in [-0.1, -0.05) is 30.3 Å². The van der Waals surface area contributed by atoms with Gasteiger partial charge in [-0.3, -0.25) is 4.57 Å². The van der Waals surface area contributed by atoms with Crippen molar-refractivity contribution in [2.24, 2.45) is 0 Å². The van der Waals surface area contributed by atoms with Crippen LogP contribution in [0.3, 0.4) is 0 Å². The summed E-state index contributed by atoms with van der Waals surface area (Å²) in [7, 11) is 0. The summed E-state index contributed by atoms with van der Waals surface area (Å²) in [6.07, 6.45) is 4.68. The molecule has 88 valence electrons. The van der Waals surface area contributed by atoms with E-state index in [0.29, 0.717) is 0 Å². The Morgan fingerprint density at radius 1 is 1.29 bits per heavy atom. The predicted molar refractivity (Wildman–Crippen MR) is 65.6 cm³/mol. The first kappa shape index (κ1) is 11.4. The number of benzene rings is 1. The van der Waals surface area contributed by atoms with Gasteiger partial charge >= 0.3 is 6.03 Å². The van der Waals surface area contributed by atoms with E-state index in [-0.39, 0.29) is 6.03 Å². The van der Waals surface area contributed by atoms with Crippen molar-refractivity contribution in [3.63, 3.8) is 0 Å². The van der Waals surface area contributed by atoms with Gasteiger partial charge in [-0.2, -0.15) is 0 Å². The molecule has 2 aromatic rings. The molecule has 0 unspecified atom stereocenters. The third-order valence-corrected chi connectivity index (χ3v) is 2.65. The minimum absolute atomic E-state index is 0.184. The number of carbonyl (C=O) groups is 1. The molecule has 1 aromatic heterocycles. The fourth-order valence-electron chi connectivity index (χ4n) is 1.64. The van der Waals surface area contributed by atoms with Crippen LogP contribution in [-0.4, -0.2) is 15.6 Å². The lowest BCUT2D eigenvalue weighted by atomic mass is 9.95. The summed E-state index contributed by atoms with van der Waals surface area (Å²) >= 11 is 0. The Kier molecular flexibility index (Phi) is 2.95. The highest BCUT2D eigenvalue weighted by atomic mass is 16.2. The molecular weight excluding hydrogens is 214 g/mol. The average molecular weight is 229 g/mol. The highest BCUT2D eigenvalue weighted by molar-refractivity contribution is 5.77. The largest absolute Gasteiger partial charge is 0.328 e. The average Bonchev–Trinajstić information content (AvgIpc) is 2.83. The van der Waals surface area contributed by atoms with Crippen LogP contribution >= 0.6 is 0 Å². The van der Waals surface area contributed by atoms with E-state index < -0.39 is 5.54 Å². The van der Waals surface area contributed by atoms with Crippen molar-refractivity contribution in [2.75, 3.05) is 0 Å². The van der Waals surface area contributed by atoms with Crippen molar-refractivity contribution < 1.29 is 4.79 Å². The van der Waals surface area contributed by atoms with E-state index in [2.05, 4.69) is 10.3 Å². The third kappa shape index (κ3) is 2.53. The summed E-state index contributed by atoms with van der Waals surface area (Å²) in [5.41, 5.74) is 0.649. The predicted octanol–water partition coefficient (Wildman–Crippen LogP) is 2.38. The number of aromatic nitrogens is 2. The SMILES string of the molecule is CC(C)(NC(=O)n1ccnc1)c1ccccc1. The number of nitrogens with one attached hydrogen (secondary N) is 1. The molecule has 0 saturated carbocycles. The first-order chi connectivity index (χ1) is 8.09. The van der Waals surface area contributed by atoms with Gasteiger partial charge in [0.1, 0.15) is 6.33 Å². The smallest absolute Gasteiger partial charge is 0.327 e. The number of hydrogen-bond acceptors (Lipinski definition) is 2. The Hall–Kier alpha value is -2.10. The van der Waals surface area contributed by atoms with E-state index >= 15 is 0 Å². The molecule has 0 fully saturated rings. The van der Waals surface area contributed by atoms with Crippen LogP contribution in [0, 0.1) is 0 Å². The summed E-state index contributed by atoms with van der Waals surface area (Å²) in [6, 6.07) is 9.68. The molecule has 1 aromatic carbocycles. The fraction of sp³-hybridized carbons (Fsp3) is 0.231. The first-order valence-electron chi connectivity index (χ1n) is 5.45. The van der Waals surface area contributed by atoms with Gasteiger partial charge in [-0.25, -0.2) is 9.78 Å². The van der Waals surface area contributed by atoms with E-state index in [1.54, 1.807) is 12.4 Å². The van der Waals surface area contributed by atoms with Crippen molar-refractivity contribution in [1.29, 1.82) is 0 Å². The molecule has 0 bridgehead atoms. The standard InChI is InChI=1S/C13H15N3O/c1-13(2,11-6-4-3-5-7-11)15-12(17)16-9-8-14-10-16/h3-10H,1-2H3,(H,15,17). The minimum Gasteiger partial charge on any atom is -0.328 e. The van der Waals surface area contributed by atoms with Crippen LogP contribution in [0.5, 0.6) is 0 Å². The number of nitrogens with zero attached hydrogens (tertiary/aromatic N) is 2. The molecule has 4 heteroatoms. The molecule has 1 heterocycles. The lowest BCUT2D eigenvalue weighted by Crippen LogP contribution is -2.42. The monoisotopic (exact) mass is 229 g/mol. The van der Waals surface area contributed by atoms with Crippen LogP contribution in [0.2, 0.25) is 0 Å². The number of carbonyl (C=O) groups excluding carboxylic acids is 1. The summed E-state index contributed by atoms with van der Waals surface area (Å²) in [5, 5.41) is 2.96. The molecular formula is C13H15N3O. The summed E-state index contributed by atoms with van der Waals surface area (Å²) in [5.74, 6) is 0. The molecule has 4 nitrogen and oxygen atoms in total. The van der Waals surface area contributed by atoms with Crippen molar-refractivity contribution in [1.82, 2.24) is 14.9 Å². The molecule has 0 aliphatic carbocycles. The second-order valence-electron chi connectivity index (χ2n) is 4.39. The van der Waals surface area contributed by atoms with E-state index in [9.17, 15) is 4.79 Å². The molecule has 0 spiro atoms. The van der Waals surface area contributed by atoms with Crippen LogP contribution < -0.4 is 5.32 Å². The highest BCUT2D eigenvalue weighted by Crippen LogP contribution is 2.19. The molecule has 2 rings (SSSR count). The summed E-state index contributed by atoms with van der Waals surface area (Å²) in [6.45, 7) is 3.94. The Labute approximate surface area is 100 Å². The van der Waals surface area contributed by atoms with Gasteiger partial charge in [-0.05, 0) is 19.4 Å². The van der Waals surface area contributed by atoms with Crippen molar-refractivity contribution in [2.45, 2.75) is 19.4 Å². The lowest BCUT2D eigenvalue weighted by Gasteiger charge is -2.26. The zero-order valence-electron chi connectivity index (χ0n) is 9.92. The second kappa shape index (κ2) is 4.41. The third-order valence-electron chi connectivity index (χ3n) is 2.65. The van der Waals surface area contributed by atoms with Gasteiger partial charge in [-0.15, -0.1) is 0 Å². The topological polar surface area (TPSA) is 46.9 Å². The molecule has 1 N–H and O–H groups in total. The van der Waals surface area contributed by atoms with Crippen LogP contribution in [0.1, 0.15) is 19.4 Å². The minimum atomic E-state index is -0.414. The molecule has 0 radical (unpaired) electrons. The van der Waals surface area contributed by atoms with Gasteiger partial charge in [0.25, 0.3) is 0 Å². The maximum absolute atomic E-state index is 11.9. The van der Waals surface area contributed by atoms with Crippen LogP contribution in [0.4, 0.5) is 4.79 Å². The van der Waals surface area contributed by atoms with E-state index in [1.165, 1.54) is 10.9 Å². The van der Waals surface area contributed by atoms with Crippen LogP contribution in [0.15, 0.2) is 49.1 Å². The molecule has 0 aliphatic heterocycles. The van der Waals surface area contributed by atoms with Gasteiger partial charge in [0.05, 0.1) is 5.54 Å². The fourth-order valence-corrected chi connectivity index (χ4v) is 1.64. The van der Waals surface area contributed by atoms with Crippen molar-refractivity contribution in [3.05, 3.63) is 54.6 Å². The molecule has 0 aliphatic rings. The molecule has 0 atom stereocenters. The Morgan fingerprint density at radius 3 is 2.59 bits per heavy atom. The zero-order valence-corrected chi connectivity index (χ0v) is 9.92. The number of rotatable bonds is 2. The van der Waals surface area contributed by atoms with Crippen molar-refractivity contribution in [3.8, 4) is 0 Å². The lowest BCUT2D eigenvalue weighted by molar-refractivity contribution is 0.231. The van der Waals surface area contributed by atoms with E-state index in [4.69, 9.17) is 0 Å². The van der Waals surface area contributed by atoms with E-state index in [0.717, 1.165) is 5.56 Å². The maximum atomic E-state index is 11.9. The van der Waals surface area contributed by atoms with Crippen molar-refractivity contribution >= 4 is 6.03 Å². The second-order valence-corrected chi connectivity index (χ2v) is 4.39. The van der Waals surface area contributed by atoms with Crippen LogP contribution in [0.25, 0.3) is 0 Å². The normalized spacial score (nSPS) is 11.2. The molecule has 17 heavy (non-hydrogen) atoms. The van der Waals surface area contributed by atoms with Gasteiger partial charge in [0.15, 0.2) is 0 Å². The number of imidazole rings is 1. The Morgan fingerprint density at radius 2 is 2.00 bits per heavy atom. The zero-order chi connectivity index (χ0) is 12.3. The Balaban J connectivity index is 2.15. The van der Waals surface area contributed by atoms with Gasteiger partial charge in [0.2, 0.25) is 0 Å². The summed E-state index contributed by atoms with van der Waals surface area (Å²) in [4.78, 5) is 15.8. The molecule has 1 amide bonds. The molecule has 0 saturated heterocycles. The first-order valence-corrected chi connectivity index (χ1v) is 5.45. The maximum Gasteiger partial charge on any atom is 0.327 e. The van der Waals surface area contributed by atoms with Gasteiger partial charge < -0.3 is 5.32 Å². The van der Waals surface area contributed by atoms with Crippen LogP contribution in [-0.2, 0) is 5.54 Å². The summed E-state index contributed by atoms with van der Waals surface area (Å²) < 4.78 is 1.42. The van der Waals surface area contributed by atoms with E-state index in [1.807, 2.05) is 44.2 Å². The number of amides is 1. The quantitative estimate of drug-likeness (QED) is 0.859. The Bertz CT molecular complexity index is 489. The van der Waals surface area contributed by atoms with Gasteiger partial charge in [0, 0.05) is 12.4 Å². The number of hydrogen-bond donors (Lipinski definition) is 1.